The Hall–Kier alpha value is -1.43. The summed E-state index contributed by atoms with van der Waals surface area (Å²) in [6.07, 6.45) is -4.28. The molecule has 1 atom stereocenters. The van der Waals surface area contributed by atoms with Crippen LogP contribution in [0, 0.1) is 0 Å². The minimum Gasteiger partial charge on any atom is -0.480 e. The third-order valence-corrected chi connectivity index (χ3v) is 2.49. The molecule has 7 heteroatoms. The number of rotatable bonds is 4. The first-order valence-electron chi connectivity index (χ1n) is 5.11. The smallest absolute Gasteiger partial charge is 0.416 e. The molecule has 0 aliphatic heterocycles. The fourth-order valence-corrected chi connectivity index (χ4v) is 1.61. The van der Waals surface area contributed by atoms with E-state index in [1.807, 2.05) is 0 Å². The fourth-order valence-electron chi connectivity index (χ4n) is 1.38. The lowest BCUT2D eigenvalue weighted by atomic mass is 10.1. The van der Waals surface area contributed by atoms with E-state index in [0.717, 1.165) is 12.1 Å². The van der Waals surface area contributed by atoms with Gasteiger partial charge in [-0.1, -0.05) is 18.5 Å². The average Bonchev–Trinajstić information content (AvgIpc) is 2.23. The second-order valence-corrected chi connectivity index (χ2v) is 4.11. The lowest BCUT2D eigenvalue weighted by Gasteiger charge is -2.16. The van der Waals surface area contributed by atoms with Gasteiger partial charge in [0.1, 0.15) is 6.04 Å². The summed E-state index contributed by atoms with van der Waals surface area (Å²) in [7, 11) is 0. The molecule has 3 nitrogen and oxygen atoms in total. The van der Waals surface area contributed by atoms with Crippen LogP contribution in [0.1, 0.15) is 18.9 Å². The topological polar surface area (TPSA) is 49.3 Å². The van der Waals surface area contributed by atoms with Gasteiger partial charge in [-0.05, 0) is 24.6 Å². The van der Waals surface area contributed by atoms with E-state index in [2.05, 4.69) is 5.32 Å². The van der Waals surface area contributed by atoms with Crippen LogP contribution in [0.25, 0.3) is 0 Å². The molecule has 0 aromatic heterocycles. The lowest BCUT2D eigenvalue weighted by Crippen LogP contribution is -2.28. The molecule has 0 radical (unpaired) electrons. The van der Waals surface area contributed by atoms with Crippen molar-refractivity contribution in [2.45, 2.75) is 25.6 Å². The second-order valence-electron chi connectivity index (χ2n) is 3.67. The Labute approximate surface area is 107 Å². The largest absolute Gasteiger partial charge is 0.480 e. The van der Waals surface area contributed by atoms with Gasteiger partial charge in [0.05, 0.1) is 5.56 Å². The van der Waals surface area contributed by atoms with Crippen LogP contribution in [0.15, 0.2) is 18.2 Å². The Morgan fingerprint density at radius 3 is 2.50 bits per heavy atom. The first kappa shape index (κ1) is 14.6. The molecular weight excluding hydrogens is 271 g/mol. The number of carboxylic acids is 1. The SMILES string of the molecule is CCC(Nc1cc(Cl)cc(C(F)(F)F)c1)C(=O)O. The zero-order valence-electron chi connectivity index (χ0n) is 9.38. The maximum Gasteiger partial charge on any atom is 0.416 e. The Morgan fingerprint density at radius 2 is 2.06 bits per heavy atom. The van der Waals surface area contributed by atoms with E-state index in [0.29, 0.717) is 0 Å². The minimum atomic E-state index is -4.52. The van der Waals surface area contributed by atoms with Crippen molar-refractivity contribution < 1.29 is 23.1 Å². The van der Waals surface area contributed by atoms with Gasteiger partial charge in [-0.15, -0.1) is 0 Å². The Balaban J connectivity index is 3.03. The Bertz CT molecular complexity index is 448. The summed E-state index contributed by atoms with van der Waals surface area (Å²) in [6.45, 7) is 1.61. The van der Waals surface area contributed by atoms with Gasteiger partial charge in [0, 0.05) is 10.7 Å². The highest BCUT2D eigenvalue weighted by molar-refractivity contribution is 6.31. The monoisotopic (exact) mass is 281 g/mol. The maximum absolute atomic E-state index is 12.5. The van der Waals surface area contributed by atoms with Crippen molar-refractivity contribution in [3.63, 3.8) is 0 Å². The summed E-state index contributed by atoms with van der Waals surface area (Å²) in [5, 5.41) is 11.2. The van der Waals surface area contributed by atoms with E-state index >= 15 is 0 Å². The van der Waals surface area contributed by atoms with Gasteiger partial charge in [-0.25, -0.2) is 4.79 Å². The van der Waals surface area contributed by atoms with Crippen molar-refractivity contribution in [2.24, 2.45) is 0 Å². The second kappa shape index (κ2) is 5.48. The summed E-state index contributed by atoms with van der Waals surface area (Å²) in [5.74, 6) is -1.13. The zero-order valence-corrected chi connectivity index (χ0v) is 10.1. The molecule has 2 N–H and O–H groups in total. The number of hydrogen-bond acceptors (Lipinski definition) is 2. The molecular formula is C11H11ClF3NO2. The molecule has 1 aromatic rings. The summed E-state index contributed by atoms with van der Waals surface area (Å²) < 4.78 is 37.6. The van der Waals surface area contributed by atoms with Crippen LogP contribution < -0.4 is 5.32 Å². The van der Waals surface area contributed by atoms with E-state index in [1.165, 1.54) is 6.07 Å². The summed E-state index contributed by atoms with van der Waals surface area (Å²) in [6, 6.07) is 1.92. The normalized spacial score (nSPS) is 13.2. The van der Waals surface area contributed by atoms with Gasteiger partial charge in [0.25, 0.3) is 0 Å². The van der Waals surface area contributed by atoms with E-state index in [-0.39, 0.29) is 17.1 Å². The number of carbonyl (C=O) groups is 1. The molecule has 0 spiro atoms. The highest BCUT2D eigenvalue weighted by Gasteiger charge is 2.31. The van der Waals surface area contributed by atoms with Gasteiger partial charge in [0.2, 0.25) is 0 Å². The predicted octanol–water partition coefficient (Wildman–Crippen LogP) is 3.63. The first-order valence-corrected chi connectivity index (χ1v) is 5.49. The highest BCUT2D eigenvalue weighted by Crippen LogP contribution is 2.33. The number of halogens is 4. The van der Waals surface area contributed by atoms with E-state index in [9.17, 15) is 18.0 Å². The molecule has 0 fully saturated rings. The summed E-state index contributed by atoms with van der Waals surface area (Å²) in [5.41, 5.74) is -0.887. The molecule has 0 saturated carbocycles. The third-order valence-electron chi connectivity index (χ3n) is 2.27. The van der Waals surface area contributed by atoms with Gasteiger partial charge in [0.15, 0.2) is 0 Å². The first-order chi connectivity index (χ1) is 8.24. The third kappa shape index (κ3) is 3.80. The van der Waals surface area contributed by atoms with Crippen molar-refractivity contribution in [1.29, 1.82) is 0 Å². The predicted molar refractivity (Wildman–Crippen MR) is 61.8 cm³/mol. The standard InChI is InChI=1S/C11H11ClF3NO2/c1-2-9(10(17)18)16-8-4-6(11(13,14)15)3-7(12)5-8/h3-5,9,16H,2H2,1H3,(H,17,18). The molecule has 1 rings (SSSR count). The number of aliphatic carboxylic acids is 1. The maximum atomic E-state index is 12.5. The Kier molecular flexibility index (Phi) is 4.45. The van der Waals surface area contributed by atoms with Crippen LogP contribution in [0.4, 0.5) is 18.9 Å². The van der Waals surface area contributed by atoms with Crippen molar-refractivity contribution in [3.05, 3.63) is 28.8 Å². The molecule has 1 aromatic carbocycles. The van der Waals surface area contributed by atoms with Crippen molar-refractivity contribution in [1.82, 2.24) is 0 Å². The van der Waals surface area contributed by atoms with Crippen LogP contribution in [0.3, 0.4) is 0 Å². The van der Waals surface area contributed by atoms with Crippen LogP contribution in [0.2, 0.25) is 5.02 Å². The van der Waals surface area contributed by atoms with Crippen LogP contribution in [-0.2, 0) is 11.0 Å². The minimum absolute atomic E-state index is 0.0316. The van der Waals surface area contributed by atoms with Gasteiger partial charge < -0.3 is 10.4 Å². The van der Waals surface area contributed by atoms with E-state index < -0.39 is 23.8 Å². The number of carboxylic acid groups (broad SMARTS) is 1. The molecule has 0 bridgehead atoms. The number of hydrogen-bond donors (Lipinski definition) is 2. The van der Waals surface area contributed by atoms with Crippen molar-refractivity contribution in [3.8, 4) is 0 Å². The van der Waals surface area contributed by atoms with E-state index in [1.54, 1.807) is 6.92 Å². The average molecular weight is 282 g/mol. The number of alkyl halides is 3. The quantitative estimate of drug-likeness (QED) is 0.886. The number of anilines is 1. The van der Waals surface area contributed by atoms with Crippen molar-refractivity contribution in [2.75, 3.05) is 5.32 Å². The Morgan fingerprint density at radius 1 is 1.44 bits per heavy atom. The fraction of sp³-hybridized carbons (Fsp3) is 0.364. The van der Waals surface area contributed by atoms with Gasteiger partial charge >= 0.3 is 12.1 Å². The summed E-state index contributed by atoms with van der Waals surface area (Å²) >= 11 is 5.57. The summed E-state index contributed by atoms with van der Waals surface area (Å²) in [4.78, 5) is 10.8. The zero-order chi connectivity index (χ0) is 13.9. The molecule has 1 unspecified atom stereocenters. The highest BCUT2D eigenvalue weighted by atomic mass is 35.5. The molecule has 0 aliphatic rings. The molecule has 18 heavy (non-hydrogen) atoms. The number of benzene rings is 1. The van der Waals surface area contributed by atoms with Crippen LogP contribution in [0.5, 0.6) is 0 Å². The van der Waals surface area contributed by atoms with Crippen LogP contribution >= 0.6 is 11.6 Å². The van der Waals surface area contributed by atoms with Crippen molar-refractivity contribution >= 4 is 23.3 Å². The van der Waals surface area contributed by atoms with Crippen LogP contribution in [-0.4, -0.2) is 17.1 Å². The van der Waals surface area contributed by atoms with E-state index in [4.69, 9.17) is 16.7 Å². The molecule has 100 valence electrons. The van der Waals surface area contributed by atoms with Gasteiger partial charge in [-0.3, -0.25) is 0 Å². The molecule has 0 amide bonds. The lowest BCUT2D eigenvalue weighted by molar-refractivity contribution is -0.138. The molecule has 0 heterocycles. The van der Waals surface area contributed by atoms with Gasteiger partial charge in [-0.2, -0.15) is 13.2 Å². The molecule has 0 aliphatic carbocycles. The molecule has 0 saturated heterocycles. The number of nitrogens with one attached hydrogen (secondary N) is 1.